The van der Waals surface area contributed by atoms with Crippen LogP contribution in [0.5, 0.6) is 0 Å². The molecule has 0 amide bonds. The van der Waals surface area contributed by atoms with Gasteiger partial charge in [0, 0.05) is 23.7 Å². The number of hydrogen-bond donors (Lipinski definition) is 1. The van der Waals surface area contributed by atoms with Crippen molar-refractivity contribution in [1.82, 2.24) is 0 Å². The monoisotopic (exact) mass is 235 g/mol. The van der Waals surface area contributed by atoms with Crippen molar-refractivity contribution in [2.75, 3.05) is 0 Å². The van der Waals surface area contributed by atoms with E-state index in [2.05, 4.69) is 24.3 Å². The van der Waals surface area contributed by atoms with Gasteiger partial charge in [-0.2, -0.15) is 5.14 Å². The maximum atomic E-state index is 11.4. The molecule has 2 unspecified atom stereocenters. The fourth-order valence-electron chi connectivity index (χ4n) is 2.11. The van der Waals surface area contributed by atoms with Crippen LogP contribution in [0.2, 0.25) is 0 Å². The van der Waals surface area contributed by atoms with E-state index < -0.39 is 11.4 Å². The van der Waals surface area contributed by atoms with Gasteiger partial charge in [-0.25, -0.2) is 0 Å². The summed E-state index contributed by atoms with van der Waals surface area (Å²) in [6.07, 6.45) is 5.14. The zero-order chi connectivity index (χ0) is 11.8. The Morgan fingerprint density at radius 2 is 2.06 bits per heavy atom. The first-order chi connectivity index (χ1) is 7.50. The highest BCUT2D eigenvalue weighted by molar-refractivity contribution is 7.90. The average Bonchev–Trinajstić information content (AvgIpc) is 2.61. The zero-order valence-corrected chi connectivity index (χ0v) is 10.5. The summed E-state index contributed by atoms with van der Waals surface area (Å²) in [5.41, 5.74) is 2.59. The van der Waals surface area contributed by atoms with E-state index in [9.17, 15) is 4.55 Å². The van der Waals surface area contributed by atoms with Gasteiger partial charge >= 0.3 is 0 Å². The number of allylic oxidation sites excluding steroid dienone is 1. The SMILES string of the molecule is CC(C)(CC1C=Cc2ccccc21)[S+](N)[O-]. The van der Waals surface area contributed by atoms with E-state index in [1.165, 1.54) is 11.1 Å². The highest BCUT2D eigenvalue weighted by Gasteiger charge is 2.34. The second kappa shape index (κ2) is 4.24. The zero-order valence-electron chi connectivity index (χ0n) is 9.64. The van der Waals surface area contributed by atoms with Gasteiger partial charge in [-0.3, -0.25) is 0 Å². The van der Waals surface area contributed by atoms with Gasteiger partial charge in [-0.1, -0.05) is 36.4 Å². The lowest BCUT2D eigenvalue weighted by Gasteiger charge is -2.27. The van der Waals surface area contributed by atoms with Gasteiger partial charge in [-0.05, 0) is 25.0 Å². The Morgan fingerprint density at radius 1 is 1.38 bits per heavy atom. The van der Waals surface area contributed by atoms with Crippen LogP contribution in [-0.4, -0.2) is 9.30 Å². The van der Waals surface area contributed by atoms with Crippen molar-refractivity contribution in [2.24, 2.45) is 5.14 Å². The fourth-order valence-corrected chi connectivity index (χ4v) is 2.46. The van der Waals surface area contributed by atoms with E-state index in [0.29, 0.717) is 5.92 Å². The van der Waals surface area contributed by atoms with Gasteiger partial charge in [0.15, 0.2) is 0 Å². The van der Waals surface area contributed by atoms with Gasteiger partial charge in [0.05, 0.1) is 0 Å². The highest BCUT2D eigenvalue weighted by atomic mass is 32.2. The number of fused-ring (bicyclic) bond motifs is 1. The molecule has 2 atom stereocenters. The van der Waals surface area contributed by atoms with Crippen molar-refractivity contribution in [3.63, 3.8) is 0 Å². The molecular weight excluding hydrogens is 218 g/mol. The lowest BCUT2D eigenvalue weighted by Crippen LogP contribution is -2.38. The van der Waals surface area contributed by atoms with E-state index in [0.717, 1.165) is 6.42 Å². The van der Waals surface area contributed by atoms with Gasteiger partial charge in [0.2, 0.25) is 0 Å². The largest absolute Gasteiger partial charge is 0.598 e. The third-order valence-corrected chi connectivity index (χ3v) is 4.42. The van der Waals surface area contributed by atoms with Crippen molar-refractivity contribution in [3.8, 4) is 0 Å². The molecule has 0 saturated carbocycles. The molecule has 0 bridgehead atoms. The van der Waals surface area contributed by atoms with Crippen molar-refractivity contribution in [3.05, 3.63) is 41.5 Å². The average molecular weight is 235 g/mol. The molecule has 1 aromatic rings. The third kappa shape index (κ3) is 2.17. The second-order valence-electron chi connectivity index (χ2n) is 4.86. The van der Waals surface area contributed by atoms with Crippen LogP contribution >= 0.6 is 0 Å². The maximum Gasteiger partial charge on any atom is 0.140 e. The molecule has 0 spiro atoms. The van der Waals surface area contributed by atoms with Crippen molar-refractivity contribution in [2.45, 2.75) is 30.9 Å². The maximum absolute atomic E-state index is 11.4. The summed E-state index contributed by atoms with van der Waals surface area (Å²) in [4.78, 5) is 0. The predicted octanol–water partition coefficient (Wildman–Crippen LogP) is 2.59. The lowest BCUT2D eigenvalue weighted by molar-refractivity contribution is 0.515. The van der Waals surface area contributed by atoms with E-state index >= 15 is 0 Å². The van der Waals surface area contributed by atoms with Crippen LogP contribution in [0.15, 0.2) is 30.3 Å². The Kier molecular flexibility index (Phi) is 3.10. The van der Waals surface area contributed by atoms with Gasteiger partial charge in [-0.15, -0.1) is 0 Å². The number of rotatable bonds is 3. The molecular formula is C13H17NOS. The van der Waals surface area contributed by atoms with E-state index in [1.54, 1.807) is 0 Å². The van der Waals surface area contributed by atoms with Crippen LogP contribution < -0.4 is 5.14 Å². The van der Waals surface area contributed by atoms with Crippen LogP contribution in [0.4, 0.5) is 0 Å². The van der Waals surface area contributed by atoms with Crippen LogP contribution in [-0.2, 0) is 11.4 Å². The first kappa shape index (κ1) is 11.7. The standard InChI is InChI=1S/C13H17NOS/c1-13(2,16(14)15)9-11-8-7-10-5-3-4-6-12(10)11/h3-8,11H,9,14H2,1-2H3. The molecule has 0 heterocycles. The van der Waals surface area contributed by atoms with E-state index in [1.807, 2.05) is 26.0 Å². The molecule has 16 heavy (non-hydrogen) atoms. The molecule has 0 radical (unpaired) electrons. The first-order valence-electron chi connectivity index (χ1n) is 5.44. The van der Waals surface area contributed by atoms with Gasteiger partial charge in [0.25, 0.3) is 0 Å². The minimum Gasteiger partial charge on any atom is -0.598 e. The van der Waals surface area contributed by atoms with E-state index in [-0.39, 0.29) is 4.75 Å². The quantitative estimate of drug-likeness (QED) is 0.819. The molecule has 2 rings (SSSR count). The summed E-state index contributed by atoms with van der Waals surface area (Å²) in [6, 6.07) is 8.33. The summed E-state index contributed by atoms with van der Waals surface area (Å²) in [5.74, 6) is 0.346. The van der Waals surface area contributed by atoms with Crippen molar-refractivity contribution >= 4 is 17.4 Å². The normalized spacial score (nSPS) is 20.9. The molecule has 86 valence electrons. The number of hydrogen-bond acceptors (Lipinski definition) is 2. The number of benzene rings is 1. The molecule has 3 heteroatoms. The molecule has 1 aromatic carbocycles. The van der Waals surface area contributed by atoms with Gasteiger partial charge < -0.3 is 4.55 Å². The first-order valence-corrected chi connectivity index (χ1v) is 6.65. The molecule has 0 fully saturated rings. The molecule has 0 aliphatic heterocycles. The Balaban J connectivity index is 2.18. The summed E-state index contributed by atoms with van der Waals surface area (Å²) in [5, 5.41) is 5.52. The molecule has 1 aliphatic rings. The van der Waals surface area contributed by atoms with Crippen LogP contribution in [0.3, 0.4) is 0 Å². The van der Waals surface area contributed by atoms with Gasteiger partial charge in [0.1, 0.15) is 4.75 Å². The molecule has 1 aliphatic carbocycles. The minimum absolute atomic E-state index is 0.341. The highest BCUT2D eigenvalue weighted by Crippen LogP contribution is 2.37. The Bertz CT molecular complexity index is 412. The Morgan fingerprint density at radius 3 is 2.75 bits per heavy atom. The van der Waals surface area contributed by atoms with Crippen LogP contribution in [0.1, 0.15) is 37.3 Å². The lowest BCUT2D eigenvalue weighted by atomic mass is 9.91. The third-order valence-electron chi connectivity index (χ3n) is 3.16. The topological polar surface area (TPSA) is 49.1 Å². The van der Waals surface area contributed by atoms with E-state index in [4.69, 9.17) is 5.14 Å². The van der Waals surface area contributed by atoms with Crippen molar-refractivity contribution in [1.29, 1.82) is 0 Å². The minimum atomic E-state index is -1.28. The smallest absolute Gasteiger partial charge is 0.140 e. The molecule has 2 N–H and O–H groups in total. The summed E-state index contributed by atoms with van der Waals surface area (Å²) >= 11 is -1.28. The van der Waals surface area contributed by atoms with Crippen molar-refractivity contribution < 1.29 is 4.55 Å². The summed E-state index contributed by atoms with van der Waals surface area (Å²) in [6.45, 7) is 3.91. The second-order valence-corrected chi connectivity index (χ2v) is 6.56. The summed E-state index contributed by atoms with van der Waals surface area (Å²) < 4.78 is 11.1. The summed E-state index contributed by atoms with van der Waals surface area (Å²) in [7, 11) is 0. The van der Waals surface area contributed by atoms with Crippen LogP contribution in [0.25, 0.3) is 6.08 Å². The fraction of sp³-hybridized carbons (Fsp3) is 0.385. The Labute approximate surface area is 99.9 Å². The predicted molar refractivity (Wildman–Crippen MR) is 69.2 cm³/mol. The molecule has 2 nitrogen and oxygen atoms in total. The Hall–Kier alpha value is -0.770. The van der Waals surface area contributed by atoms with Crippen LogP contribution in [0, 0.1) is 0 Å². The molecule has 0 saturated heterocycles. The number of nitrogens with two attached hydrogens (primary N) is 1. The molecule has 0 aromatic heterocycles.